The van der Waals surface area contributed by atoms with Crippen LogP contribution in [0.2, 0.25) is 10.0 Å². The first-order valence-electron chi connectivity index (χ1n) is 15.3. The smallest absolute Gasteiger partial charge is 0.308 e. The third kappa shape index (κ3) is 8.79. The van der Waals surface area contributed by atoms with Crippen LogP contribution in [0.4, 0.5) is 38.9 Å². The van der Waals surface area contributed by atoms with Crippen LogP contribution in [-0.4, -0.2) is 44.9 Å². The van der Waals surface area contributed by atoms with Crippen LogP contribution in [0.15, 0.2) is 132 Å². The van der Waals surface area contributed by atoms with Crippen molar-refractivity contribution < 1.29 is 43.7 Å². The van der Waals surface area contributed by atoms with Crippen LogP contribution in [0, 0.1) is 6.92 Å². The second kappa shape index (κ2) is 15.0. The summed E-state index contributed by atoms with van der Waals surface area (Å²) >= 11 is 13.1. The Kier molecular flexibility index (Phi) is 10.8. The molecule has 55 heavy (non-hydrogen) atoms. The summed E-state index contributed by atoms with van der Waals surface area (Å²) in [6.45, 7) is 1.48. The first kappa shape index (κ1) is 39.3. The summed E-state index contributed by atoms with van der Waals surface area (Å²) in [7, 11) is -14.3. The highest BCUT2D eigenvalue weighted by Crippen LogP contribution is 2.42. The number of rotatable bonds is 9. The van der Waals surface area contributed by atoms with Gasteiger partial charge in [-0.1, -0.05) is 53.5 Å². The molecule has 0 bridgehead atoms. The Morgan fingerprint density at radius 3 is 1.53 bits per heavy atom. The average Bonchev–Trinajstić information content (AvgIpc) is 3.10. The van der Waals surface area contributed by atoms with Gasteiger partial charge in [0.25, 0.3) is 30.4 Å². The molecule has 0 aliphatic carbocycles. The normalized spacial score (nSPS) is 12.5. The van der Waals surface area contributed by atoms with Gasteiger partial charge in [-0.3, -0.25) is 13.7 Å². The molecule has 0 aliphatic rings. The fourth-order valence-corrected chi connectivity index (χ4v) is 7.92. The van der Waals surface area contributed by atoms with E-state index in [2.05, 4.69) is 31.1 Å². The lowest BCUT2D eigenvalue weighted by molar-refractivity contribution is 0.262. The second-order valence-electron chi connectivity index (χ2n) is 11.6. The molecule has 6 aromatic carbocycles. The van der Waals surface area contributed by atoms with E-state index in [4.69, 9.17) is 23.2 Å². The molecule has 16 nitrogen and oxygen atoms in total. The van der Waals surface area contributed by atoms with Gasteiger partial charge in [-0.25, -0.2) is 4.79 Å². The summed E-state index contributed by atoms with van der Waals surface area (Å²) in [6.07, 6.45) is 0. The molecule has 0 saturated heterocycles. The van der Waals surface area contributed by atoms with Gasteiger partial charge in [-0.2, -0.15) is 35.5 Å². The summed E-state index contributed by atoms with van der Waals surface area (Å²) in [5, 5.41) is 21.7. The Labute approximate surface area is 322 Å². The van der Waals surface area contributed by atoms with Crippen LogP contribution in [0.1, 0.15) is 5.56 Å². The topological polar surface area (TPSA) is 254 Å². The van der Waals surface area contributed by atoms with Gasteiger partial charge in [0.2, 0.25) is 0 Å². The van der Waals surface area contributed by atoms with Crippen molar-refractivity contribution in [2.75, 3.05) is 10.6 Å². The van der Waals surface area contributed by atoms with Crippen molar-refractivity contribution in [1.29, 1.82) is 0 Å². The average molecular weight is 844 g/mol. The number of benzene rings is 6. The van der Waals surface area contributed by atoms with Crippen molar-refractivity contribution in [2.24, 2.45) is 20.5 Å². The number of carbonyl (C=O) groups excluding carboxylic acids is 1. The molecule has 5 N–H and O–H groups in total. The quantitative estimate of drug-likeness (QED) is 0.0680. The lowest BCUT2D eigenvalue weighted by Crippen LogP contribution is -2.19. The molecule has 0 unspecified atom stereocenters. The number of hydrogen-bond acceptors (Lipinski definition) is 11. The summed E-state index contributed by atoms with van der Waals surface area (Å²) in [4.78, 5) is 11.3. The lowest BCUT2D eigenvalue weighted by Gasteiger charge is -2.13. The fraction of sp³-hybridized carbons (Fsp3) is 0.0294. The van der Waals surface area contributed by atoms with Gasteiger partial charge in [0, 0.05) is 22.1 Å². The number of amides is 2. The van der Waals surface area contributed by atoms with E-state index in [9.17, 15) is 43.7 Å². The number of fused-ring (bicyclic) bond motifs is 2. The molecule has 0 saturated carbocycles. The molecular formula is C34H24Cl2N6O10S3. The molecule has 0 radical (unpaired) electrons. The predicted molar refractivity (Wildman–Crippen MR) is 206 cm³/mol. The van der Waals surface area contributed by atoms with Crippen LogP contribution in [-0.2, 0) is 30.4 Å². The molecular weight excluding hydrogens is 820 g/mol. The highest BCUT2D eigenvalue weighted by atomic mass is 35.5. The second-order valence-corrected chi connectivity index (χ2v) is 16.6. The van der Waals surface area contributed by atoms with E-state index in [0.29, 0.717) is 11.1 Å². The van der Waals surface area contributed by atoms with Gasteiger partial charge < -0.3 is 10.6 Å². The van der Waals surface area contributed by atoms with Crippen LogP contribution in [0.25, 0.3) is 21.5 Å². The molecule has 6 aromatic rings. The molecule has 0 aromatic heterocycles. The zero-order valence-electron chi connectivity index (χ0n) is 27.7. The van der Waals surface area contributed by atoms with Gasteiger partial charge in [0.1, 0.15) is 21.2 Å². The Morgan fingerprint density at radius 1 is 0.582 bits per heavy atom. The third-order valence-corrected chi connectivity index (χ3v) is 11.2. The molecule has 21 heteroatoms. The van der Waals surface area contributed by atoms with Gasteiger partial charge >= 0.3 is 6.03 Å². The largest absolute Gasteiger partial charge is 0.323 e. The summed E-state index contributed by atoms with van der Waals surface area (Å²) in [6, 6.07) is 22.0. The van der Waals surface area contributed by atoms with Crippen molar-refractivity contribution in [3.05, 3.63) is 113 Å². The molecule has 6 rings (SSSR count). The maximum atomic E-state index is 13.0. The number of hydrogen-bond donors (Lipinski definition) is 5. The van der Waals surface area contributed by atoms with Crippen molar-refractivity contribution in [1.82, 2.24) is 0 Å². The first-order valence-corrected chi connectivity index (χ1v) is 20.4. The molecule has 0 aliphatic heterocycles. The number of aryl methyl sites for hydroxylation is 1. The molecule has 0 atom stereocenters. The number of nitrogens with zero attached hydrogens (tertiary/aromatic N) is 4. The number of carbonyl (C=O) groups is 1. The van der Waals surface area contributed by atoms with Crippen LogP contribution < -0.4 is 10.6 Å². The first-order chi connectivity index (χ1) is 25.8. The van der Waals surface area contributed by atoms with E-state index in [1.165, 1.54) is 49.4 Å². The van der Waals surface area contributed by atoms with Crippen molar-refractivity contribution >= 4 is 115 Å². The Morgan fingerprint density at radius 2 is 1.07 bits per heavy atom. The van der Waals surface area contributed by atoms with Crippen LogP contribution >= 0.6 is 23.2 Å². The van der Waals surface area contributed by atoms with Crippen molar-refractivity contribution in [3.8, 4) is 0 Å². The van der Waals surface area contributed by atoms with E-state index in [1.54, 1.807) is 30.3 Å². The number of halogens is 2. The maximum Gasteiger partial charge on any atom is 0.323 e. The van der Waals surface area contributed by atoms with Crippen molar-refractivity contribution in [3.63, 3.8) is 0 Å². The minimum absolute atomic E-state index is 0.110. The van der Waals surface area contributed by atoms with Crippen molar-refractivity contribution in [2.45, 2.75) is 21.6 Å². The minimum Gasteiger partial charge on any atom is -0.308 e. The van der Waals surface area contributed by atoms with Gasteiger partial charge in [-0.05, 0) is 90.0 Å². The zero-order chi connectivity index (χ0) is 39.9. The number of nitrogens with one attached hydrogen (secondary N) is 2. The molecule has 2 amide bonds. The van der Waals surface area contributed by atoms with E-state index in [-0.39, 0.29) is 54.5 Å². The van der Waals surface area contributed by atoms with Gasteiger partial charge in [0.05, 0.1) is 26.3 Å². The standard InChI is InChI=1S/C34H24Cl2N6O10S3/c1-18-13-24(53(44,45)46)9-12-27(18)40-42-33-29(55(50,51)52)17-20-15-23(8-11-26(20)31(33)36)38-34(43)37-22-7-10-25-19(14-22)16-28(54(47,48)49)32(30(25)35)41-39-21-5-3-2-4-6-21/h2-17H,1H3,(H2,37,38,43)(H,44,45,46)(H,47,48,49)(H,50,51,52). The Balaban J connectivity index is 1.27. The SMILES string of the molecule is Cc1cc(S(=O)(=O)O)ccc1N=Nc1c(S(=O)(=O)O)cc2cc(NC(=O)Nc3ccc4c(Cl)c(N=Nc5ccccc5)c(S(=O)(=O)O)cc4c3)ccc2c1Cl. The highest BCUT2D eigenvalue weighted by Gasteiger charge is 2.23. The van der Waals surface area contributed by atoms with E-state index in [0.717, 1.165) is 24.3 Å². The minimum atomic E-state index is -4.94. The monoisotopic (exact) mass is 842 g/mol. The zero-order valence-corrected chi connectivity index (χ0v) is 31.7. The lowest BCUT2D eigenvalue weighted by atomic mass is 10.1. The Bertz CT molecular complexity index is 2970. The number of azo groups is 2. The third-order valence-electron chi connectivity index (χ3n) is 7.85. The van der Waals surface area contributed by atoms with Crippen LogP contribution in [0.3, 0.4) is 0 Å². The van der Waals surface area contributed by atoms with E-state index in [1.807, 2.05) is 0 Å². The molecule has 0 spiro atoms. The number of urea groups is 1. The molecule has 282 valence electrons. The maximum absolute atomic E-state index is 13.0. The fourth-order valence-electron chi connectivity index (χ4n) is 5.29. The van der Waals surface area contributed by atoms with Gasteiger partial charge in [0.15, 0.2) is 0 Å². The Hall–Kier alpha value is -5.38. The molecule has 0 fully saturated rings. The molecule has 0 heterocycles. The van der Waals surface area contributed by atoms with E-state index >= 15 is 0 Å². The summed E-state index contributed by atoms with van der Waals surface area (Å²) in [5.74, 6) is 0. The number of anilines is 2. The van der Waals surface area contributed by atoms with E-state index < -0.39 is 56.8 Å². The summed E-state index contributed by atoms with van der Waals surface area (Å²) in [5.41, 5.74) is 0.433. The predicted octanol–water partition coefficient (Wildman–Crippen LogP) is 9.82. The highest BCUT2D eigenvalue weighted by molar-refractivity contribution is 7.86. The summed E-state index contributed by atoms with van der Waals surface area (Å²) < 4.78 is 102. The van der Waals surface area contributed by atoms with Crippen LogP contribution in [0.5, 0.6) is 0 Å². The van der Waals surface area contributed by atoms with Gasteiger partial charge in [-0.15, -0.1) is 10.2 Å².